The summed E-state index contributed by atoms with van der Waals surface area (Å²) in [5.41, 5.74) is 2.49. The SMILES string of the molecule is O=C(O)CCCCCCC1=C(C=Cc2ccccc2)C(O)CC1=O. The lowest BCUT2D eigenvalue weighted by molar-refractivity contribution is -0.137. The van der Waals surface area contributed by atoms with Gasteiger partial charge >= 0.3 is 5.97 Å². The van der Waals surface area contributed by atoms with Crippen molar-refractivity contribution in [2.24, 2.45) is 0 Å². The summed E-state index contributed by atoms with van der Waals surface area (Å²) < 4.78 is 0. The van der Waals surface area contributed by atoms with Crippen LogP contribution >= 0.6 is 0 Å². The first-order valence-corrected chi connectivity index (χ1v) is 8.47. The first-order chi connectivity index (χ1) is 11.6. The molecule has 0 bridgehead atoms. The summed E-state index contributed by atoms with van der Waals surface area (Å²) in [7, 11) is 0. The maximum absolute atomic E-state index is 12.1. The van der Waals surface area contributed by atoms with E-state index in [4.69, 9.17) is 5.11 Å². The van der Waals surface area contributed by atoms with Crippen LogP contribution < -0.4 is 0 Å². The molecule has 0 aromatic heterocycles. The van der Waals surface area contributed by atoms with Crippen LogP contribution in [0.3, 0.4) is 0 Å². The van der Waals surface area contributed by atoms with Gasteiger partial charge in [0.15, 0.2) is 5.78 Å². The summed E-state index contributed by atoms with van der Waals surface area (Å²) in [6, 6.07) is 9.79. The zero-order valence-electron chi connectivity index (χ0n) is 13.8. The molecular weight excluding hydrogens is 304 g/mol. The predicted octanol–water partition coefficient (Wildman–Crippen LogP) is 3.76. The normalized spacial score (nSPS) is 17.9. The minimum Gasteiger partial charge on any atom is -0.481 e. The van der Waals surface area contributed by atoms with Gasteiger partial charge in [0.1, 0.15) is 0 Å². The number of benzene rings is 1. The van der Waals surface area contributed by atoms with Crippen LogP contribution in [0.1, 0.15) is 50.5 Å². The van der Waals surface area contributed by atoms with Gasteiger partial charge < -0.3 is 10.2 Å². The van der Waals surface area contributed by atoms with Crippen LogP contribution in [0.5, 0.6) is 0 Å². The summed E-state index contributed by atoms with van der Waals surface area (Å²) in [6.45, 7) is 0. The zero-order chi connectivity index (χ0) is 17.4. The third-order valence-corrected chi connectivity index (χ3v) is 4.25. The number of carbonyl (C=O) groups excluding carboxylic acids is 1. The van der Waals surface area contributed by atoms with E-state index in [1.807, 2.05) is 42.5 Å². The van der Waals surface area contributed by atoms with E-state index < -0.39 is 12.1 Å². The standard InChI is InChI=1S/C20H24O4/c21-18-14-19(22)17(13-12-15-8-4-3-5-9-15)16(18)10-6-1-2-7-11-20(23)24/h3-5,8-9,12-13,19,22H,1-2,6-7,10-11,14H2,(H,23,24). The summed E-state index contributed by atoms with van der Waals surface area (Å²) in [5, 5.41) is 18.7. The molecule has 0 saturated carbocycles. The topological polar surface area (TPSA) is 74.6 Å². The van der Waals surface area contributed by atoms with E-state index in [0.717, 1.165) is 36.0 Å². The van der Waals surface area contributed by atoms with Gasteiger partial charge in [-0.25, -0.2) is 0 Å². The highest BCUT2D eigenvalue weighted by Gasteiger charge is 2.28. The van der Waals surface area contributed by atoms with Crippen LogP contribution in [-0.2, 0) is 9.59 Å². The minimum absolute atomic E-state index is 0.0285. The maximum atomic E-state index is 12.1. The Morgan fingerprint density at radius 1 is 1.08 bits per heavy atom. The Bertz CT molecular complexity index is 628. The molecule has 24 heavy (non-hydrogen) atoms. The molecular formula is C20H24O4. The molecule has 0 radical (unpaired) electrons. The maximum Gasteiger partial charge on any atom is 0.303 e. The fourth-order valence-corrected chi connectivity index (χ4v) is 2.95. The second-order valence-corrected chi connectivity index (χ2v) is 6.13. The highest BCUT2D eigenvalue weighted by molar-refractivity contribution is 6.00. The monoisotopic (exact) mass is 328 g/mol. The lowest BCUT2D eigenvalue weighted by atomic mass is 10.0. The molecule has 0 saturated heterocycles. The number of hydrogen-bond acceptors (Lipinski definition) is 3. The molecule has 2 N–H and O–H groups in total. The molecule has 1 unspecified atom stereocenters. The molecule has 4 heteroatoms. The van der Waals surface area contributed by atoms with E-state index in [9.17, 15) is 14.7 Å². The molecule has 0 heterocycles. The molecule has 1 aromatic rings. The Labute approximate surface area is 142 Å². The number of rotatable bonds is 9. The molecule has 0 amide bonds. The smallest absolute Gasteiger partial charge is 0.303 e. The van der Waals surface area contributed by atoms with Crippen LogP contribution in [0.4, 0.5) is 0 Å². The largest absolute Gasteiger partial charge is 0.481 e. The first-order valence-electron chi connectivity index (χ1n) is 8.47. The predicted molar refractivity (Wildman–Crippen MR) is 93.5 cm³/mol. The van der Waals surface area contributed by atoms with Crippen molar-refractivity contribution in [2.45, 2.75) is 51.0 Å². The van der Waals surface area contributed by atoms with Gasteiger partial charge in [-0.1, -0.05) is 55.3 Å². The summed E-state index contributed by atoms with van der Waals surface area (Å²) in [5.74, 6) is -0.735. The molecule has 2 rings (SSSR count). The third-order valence-electron chi connectivity index (χ3n) is 4.25. The molecule has 128 valence electrons. The lowest BCUT2D eigenvalue weighted by Crippen LogP contribution is -2.04. The third kappa shape index (κ3) is 5.46. The average molecular weight is 328 g/mol. The number of carboxylic acids is 1. The number of unbranched alkanes of at least 4 members (excludes halogenated alkanes) is 3. The average Bonchev–Trinajstić information content (AvgIpc) is 2.83. The highest BCUT2D eigenvalue weighted by Crippen LogP contribution is 2.29. The second kappa shape index (κ2) is 9.18. The van der Waals surface area contributed by atoms with Crippen LogP contribution in [0.2, 0.25) is 0 Å². The molecule has 4 nitrogen and oxygen atoms in total. The lowest BCUT2D eigenvalue weighted by Gasteiger charge is -2.05. The molecule has 1 aromatic carbocycles. The van der Waals surface area contributed by atoms with E-state index in [1.54, 1.807) is 0 Å². The van der Waals surface area contributed by atoms with Crippen molar-refractivity contribution in [2.75, 3.05) is 0 Å². The van der Waals surface area contributed by atoms with E-state index in [1.165, 1.54) is 0 Å². The Morgan fingerprint density at radius 3 is 2.50 bits per heavy atom. The van der Waals surface area contributed by atoms with Gasteiger partial charge in [-0.05, 0) is 30.4 Å². The van der Waals surface area contributed by atoms with Gasteiger partial charge in [0, 0.05) is 18.4 Å². The van der Waals surface area contributed by atoms with E-state index in [2.05, 4.69) is 0 Å². The molecule has 1 aliphatic rings. The van der Waals surface area contributed by atoms with E-state index in [0.29, 0.717) is 12.8 Å². The fourth-order valence-electron chi connectivity index (χ4n) is 2.95. The van der Waals surface area contributed by atoms with Gasteiger partial charge in [0.05, 0.1) is 6.10 Å². The van der Waals surface area contributed by atoms with Crippen molar-refractivity contribution >= 4 is 17.8 Å². The van der Waals surface area contributed by atoms with E-state index >= 15 is 0 Å². The number of aliphatic hydroxyl groups is 1. The van der Waals surface area contributed by atoms with Crippen molar-refractivity contribution in [3.05, 3.63) is 53.1 Å². The number of Topliss-reactive ketones (excluding diaryl/α,β-unsaturated/α-hetero) is 1. The first kappa shape index (κ1) is 18.1. The van der Waals surface area contributed by atoms with Gasteiger partial charge in [-0.3, -0.25) is 9.59 Å². The van der Waals surface area contributed by atoms with Crippen LogP contribution in [0.25, 0.3) is 6.08 Å². The van der Waals surface area contributed by atoms with Crippen molar-refractivity contribution < 1.29 is 19.8 Å². The Kier molecular flexibility index (Phi) is 6.94. The van der Waals surface area contributed by atoms with Crippen molar-refractivity contribution in [3.63, 3.8) is 0 Å². The molecule has 1 atom stereocenters. The highest BCUT2D eigenvalue weighted by atomic mass is 16.4. The fraction of sp³-hybridized carbons (Fsp3) is 0.400. The Hall–Kier alpha value is -2.20. The van der Waals surface area contributed by atoms with Crippen LogP contribution in [0.15, 0.2) is 47.6 Å². The van der Waals surface area contributed by atoms with Gasteiger partial charge in [-0.2, -0.15) is 0 Å². The van der Waals surface area contributed by atoms with E-state index in [-0.39, 0.29) is 18.6 Å². The van der Waals surface area contributed by atoms with Crippen molar-refractivity contribution in [3.8, 4) is 0 Å². The summed E-state index contributed by atoms with van der Waals surface area (Å²) in [6.07, 6.45) is 7.35. The molecule has 0 aliphatic heterocycles. The number of ketones is 1. The van der Waals surface area contributed by atoms with Gasteiger partial charge in [0.25, 0.3) is 0 Å². The zero-order valence-corrected chi connectivity index (χ0v) is 13.8. The van der Waals surface area contributed by atoms with Gasteiger partial charge in [-0.15, -0.1) is 0 Å². The number of allylic oxidation sites excluding steroid dienone is 1. The van der Waals surface area contributed by atoms with Crippen LogP contribution in [-0.4, -0.2) is 28.1 Å². The van der Waals surface area contributed by atoms with Gasteiger partial charge in [0.2, 0.25) is 0 Å². The Morgan fingerprint density at radius 2 is 1.79 bits per heavy atom. The number of aliphatic hydroxyl groups excluding tert-OH is 1. The van der Waals surface area contributed by atoms with Crippen LogP contribution in [0, 0.1) is 0 Å². The van der Waals surface area contributed by atoms with Crippen molar-refractivity contribution in [1.29, 1.82) is 0 Å². The molecule has 0 spiro atoms. The molecule has 1 aliphatic carbocycles. The number of carbonyl (C=O) groups is 2. The minimum atomic E-state index is -0.764. The number of carboxylic acid groups (broad SMARTS) is 1. The second-order valence-electron chi connectivity index (χ2n) is 6.13. The summed E-state index contributed by atoms with van der Waals surface area (Å²) >= 11 is 0. The number of hydrogen-bond donors (Lipinski definition) is 2. The quantitative estimate of drug-likeness (QED) is 0.677. The molecule has 0 fully saturated rings. The van der Waals surface area contributed by atoms with Crippen molar-refractivity contribution in [1.82, 2.24) is 0 Å². The number of aliphatic carboxylic acids is 1. The summed E-state index contributed by atoms with van der Waals surface area (Å²) in [4.78, 5) is 22.6. The Balaban J connectivity index is 1.93.